The van der Waals surface area contributed by atoms with Gasteiger partial charge in [0.25, 0.3) is 0 Å². The highest BCUT2D eigenvalue weighted by molar-refractivity contribution is 8.00. The second-order valence-corrected chi connectivity index (χ2v) is 7.58. The van der Waals surface area contributed by atoms with Gasteiger partial charge in [-0.2, -0.15) is 0 Å². The molecule has 24 heavy (non-hydrogen) atoms. The Hall–Kier alpha value is -1.99. The van der Waals surface area contributed by atoms with E-state index in [1.54, 1.807) is 17.4 Å². The number of primary amides is 1. The molecule has 0 aliphatic carbocycles. The molecule has 1 atom stereocenters. The Balaban J connectivity index is 2.05. The van der Waals surface area contributed by atoms with Crippen molar-refractivity contribution in [3.8, 4) is 0 Å². The van der Waals surface area contributed by atoms with Gasteiger partial charge < -0.3 is 16.4 Å². The molecule has 0 aliphatic rings. The van der Waals surface area contributed by atoms with Crippen LogP contribution >= 0.6 is 23.1 Å². The Morgan fingerprint density at radius 3 is 2.58 bits per heavy atom. The lowest BCUT2D eigenvalue weighted by Crippen LogP contribution is -2.34. The number of anilines is 1. The summed E-state index contributed by atoms with van der Waals surface area (Å²) in [5.74, 6) is 0.0510. The van der Waals surface area contributed by atoms with Crippen LogP contribution < -0.4 is 16.4 Å². The van der Waals surface area contributed by atoms with Gasteiger partial charge >= 0.3 is 6.03 Å². The van der Waals surface area contributed by atoms with Crippen LogP contribution in [0.4, 0.5) is 10.5 Å². The number of nitrogens with one attached hydrogen (secondary N) is 2. The molecule has 0 saturated heterocycles. The summed E-state index contributed by atoms with van der Waals surface area (Å²) >= 11 is 2.93. The van der Waals surface area contributed by atoms with Gasteiger partial charge in [-0.25, -0.2) is 4.79 Å². The molecule has 5 nitrogen and oxygen atoms in total. The molecule has 0 bridgehead atoms. The summed E-state index contributed by atoms with van der Waals surface area (Å²) in [5, 5.41) is 7.88. The van der Waals surface area contributed by atoms with Crippen LogP contribution in [0.1, 0.15) is 24.8 Å². The lowest BCUT2D eigenvalue weighted by atomic mass is 10.0. The Kier molecular flexibility index (Phi) is 6.69. The van der Waals surface area contributed by atoms with Crippen LogP contribution in [0.2, 0.25) is 0 Å². The predicted molar refractivity (Wildman–Crippen MR) is 100 cm³/mol. The van der Waals surface area contributed by atoms with Gasteiger partial charge in [0, 0.05) is 9.77 Å². The Bertz CT molecular complexity index is 687. The van der Waals surface area contributed by atoms with E-state index in [2.05, 4.69) is 24.5 Å². The van der Waals surface area contributed by atoms with Crippen LogP contribution in [-0.4, -0.2) is 17.7 Å². The van der Waals surface area contributed by atoms with Gasteiger partial charge in [0.15, 0.2) is 0 Å². The molecule has 1 aromatic heterocycles. The summed E-state index contributed by atoms with van der Waals surface area (Å²) in [6.45, 7) is 4.14. The van der Waals surface area contributed by atoms with Crippen molar-refractivity contribution in [2.45, 2.75) is 24.8 Å². The molecule has 0 saturated carbocycles. The van der Waals surface area contributed by atoms with Gasteiger partial charge in [0.05, 0.1) is 17.5 Å². The number of thiophene rings is 1. The lowest BCUT2D eigenvalue weighted by Gasteiger charge is -2.22. The van der Waals surface area contributed by atoms with Gasteiger partial charge in [-0.3, -0.25) is 4.79 Å². The highest BCUT2D eigenvalue weighted by Crippen LogP contribution is 2.28. The van der Waals surface area contributed by atoms with E-state index in [9.17, 15) is 9.59 Å². The Labute approximate surface area is 150 Å². The summed E-state index contributed by atoms with van der Waals surface area (Å²) < 4.78 is 0. The highest BCUT2D eigenvalue weighted by atomic mass is 32.2. The van der Waals surface area contributed by atoms with Crippen LogP contribution in [0.3, 0.4) is 0 Å². The number of carbonyl (C=O) groups excluding carboxylic acids is 2. The van der Waals surface area contributed by atoms with Crippen LogP contribution in [-0.2, 0) is 4.79 Å². The number of benzene rings is 1. The standard InChI is InChI=1S/C17H21N3O2S2/c1-11(2)16(14-8-5-9-23-14)20-17(22)19-12-6-3-4-7-13(12)24-10-15(18)21/h3-9,11,16H,10H2,1-2H3,(H2,18,21)(H2,19,20,22). The summed E-state index contributed by atoms with van der Waals surface area (Å²) in [6.07, 6.45) is 0. The minimum atomic E-state index is -0.392. The first-order chi connectivity index (χ1) is 11.5. The number of thioether (sulfide) groups is 1. The quantitative estimate of drug-likeness (QED) is 0.653. The number of carbonyl (C=O) groups is 2. The van der Waals surface area contributed by atoms with Gasteiger partial charge in [0.2, 0.25) is 5.91 Å². The first kappa shape index (κ1) is 18.4. The van der Waals surface area contributed by atoms with E-state index in [-0.39, 0.29) is 23.7 Å². The van der Waals surface area contributed by atoms with E-state index in [0.717, 1.165) is 9.77 Å². The van der Waals surface area contributed by atoms with Crippen LogP contribution in [0.5, 0.6) is 0 Å². The van der Waals surface area contributed by atoms with Crippen molar-refractivity contribution in [2.24, 2.45) is 11.7 Å². The largest absolute Gasteiger partial charge is 0.369 e. The molecular weight excluding hydrogens is 342 g/mol. The van der Waals surface area contributed by atoms with Crippen molar-refractivity contribution in [3.63, 3.8) is 0 Å². The second kappa shape index (κ2) is 8.75. The summed E-state index contributed by atoms with van der Waals surface area (Å²) in [5.41, 5.74) is 5.85. The molecule has 128 valence electrons. The molecule has 2 aromatic rings. The molecule has 3 amide bonds. The van der Waals surface area contributed by atoms with Crippen molar-refractivity contribution in [3.05, 3.63) is 46.7 Å². The Morgan fingerprint density at radius 1 is 1.21 bits per heavy atom. The molecule has 0 fully saturated rings. The SMILES string of the molecule is CC(C)C(NC(=O)Nc1ccccc1SCC(N)=O)c1cccs1. The number of nitrogens with two attached hydrogens (primary N) is 1. The number of rotatable bonds is 7. The van der Waals surface area contributed by atoms with E-state index in [1.807, 2.05) is 35.7 Å². The van der Waals surface area contributed by atoms with Crippen molar-refractivity contribution in [1.29, 1.82) is 0 Å². The number of hydrogen-bond acceptors (Lipinski definition) is 4. The fraction of sp³-hybridized carbons (Fsp3) is 0.294. The normalized spacial score (nSPS) is 12.0. The molecule has 4 N–H and O–H groups in total. The average Bonchev–Trinajstić information content (AvgIpc) is 3.05. The van der Waals surface area contributed by atoms with E-state index >= 15 is 0 Å². The summed E-state index contributed by atoms with van der Waals surface area (Å²) in [4.78, 5) is 25.3. The number of amides is 3. The topological polar surface area (TPSA) is 84.2 Å². The maximum absolute atomic E-state index is 12.4. The number of para-hydroxylation sites is 1. The van der Waals surface area contributed by atoms with Crippen LogP contribution in [0.15, 0.2) is 46.7 Å². The van der Waals surface area contributed by atoms with Gasteiger partial charge in [-0.15, -0.1) is 23.1 Å². The zero-order valence-corrected chi connectivity index (χ0v) is 15.2. The molecule has 0 aliphatic heterocycles. The molecule has 1 heterocycles. The molecule has 7 heteroatoms. The van der Waals surface area contributed by atoms with E-state index < -0.39 is 5.91 Å². The molecule has 0 spiro atoms. The molecular formula is C17H21N3O2S2. The van der Waals surface area contributed by atoms with Crippen LogP contribution in [0, 0.1) is 5.92 Å². The van der Waals surface area contributed by atoms with Gasteiger partial charge in [-0.1, -0.05) is 32.0 Å². The monoisotopic (exact) mass is 363 g/mol. The predicted octanol–water partition coefficient (Wildman–Crippen LogP) is 3.84. The third-order valence-electron chi connectivity index (χ3n) is 3.31. The van der Waals surface area contributed by atoms with Gasteiger partial charge in [0.1, 0.15) is 0 Å². The van der Waals surface area contributed by atoms with Crippen LogP contribution in [0.25, 0.3) is 0 Å². The zero-order valence-electron chi connectivity index (χ0n) is 13.6. The minimum Gasteiger partial charge on any atom is -0.369 e. The fourth-order valence-corrected chi connectivity index (χ4v) is 3.88. The second-order valence-electron chi connectivity index (χ2n) is 5.59. The molecule has 2 rings (SSSR count). The zero-order chi connectivity index (χ0) is 17.5. The minimum absolute atomic E-state index is 0.0459. The van der Waals surface area contributed by atoms with Crippen molar-refractivity contribution >= 4 is 40.7 Å². The maximum atomic E-state index is 12.4. The summed E-state index contributed by atoms with van der Waals surface area (Å²) in [7, 11) is 0. The van der Waals surface area contributed by atoms with Gasteiger partial charge in [-0.05, 0) is 29.5 Å². The average molecular weight is 364 g/mol. The Morgan fingerprint density at radius 2 is 1.96 bits per heavy atom. The third kappa shape index (κ3) is 5.28. The molecule has 1 unspecified atom stereocenters. The fourth-order valence-electron chi connectivity index (χ4n) is 2.18. The van der Waals surface area contributed by atoms with Crippen molar-refractivity contribution < 1.29 is 9.59 Å². The summed E-state index contributed by atoms with van der Waals surface area (Å²) in [6, 6.07) is 11.0. The molecule has 0 radical (unpaired) electrons. The number of hydrogen-bond donors (Lipinski definition) is 3. The maximum Gasteiger partial charge on any atom is 0.319 e. The first-order valence-corrected chi connectivity index (χ1v) is 9.45. The smallest absolute Gasteiger partial charge is 0.319 e. The first-order valence-electron chi connectivity index (χ1n) is 7.58. The van der Waals surface area contributed by atoms with Crippen molar-refractivity contribution in [1.82, 2.24) is 5.32 Å². The lowest BCUT2D eigenvalue weighted by molar-refractivity contribution is -0.115. The van der Waals surface area contributed by atoms with E-state index in [4.69, 9.17) is 5.73 Å². The highest BCUT2D eigenvalue weighted by Gasteiger charge is 2.19. The van der Waals surface area contributed by atoms with Crippen molar-refractivity contribution in [2.75, 3.05) is 11.1 Å². The van der Waals surface area contributed by atoms with E-state index in [1.165, 1.54) is 11.8 Å². The molecule has 1 aromatic carbocycles. The van der Waals surface area contributed by atoms with E-state index in [0.29, 0.717) is 5.69 Å². The number of urea groups is 1. The third-order valence-corrected chi connectivity index (χ3v) is 5.36.